The van der Waals surface area contributed by atoms with E-state index in [1.165, 1.54) is 38.5 Å². The molecule has 1 rings (SSSR count). The molecule has 0 spiro atoms. The number of nitrogens with two attached hydrogens (primary N) is 1. The number of nitrogens with zero attached hydrogens (tertiary/aromatic N) is 1. The first-order valence-corrected chi connectivity index (χ1v) is 8.79. The van der Waals surface area contributed by atoms with Crippen LogP contribution in [0.15, 0.2) is 0 Å². The molecule has 0 aromatic carbocycles. The van der Waals surface area contributed by atoms with Crippen LogP contribution in [0.25, 0.3) is 0 Å². The fraction of sp³-hybridized carbons (Fsp3) is 1.00. The Morgan fingerprint density at radius 3 is 2.40 bits per heavy atom. The second-order valence-corrected chi connectivity index (χ2v) is 7.72. The second-order valence-electron chi connectivity index (χ2n) is 7.72. The van der Waals surface area contributed by atoms with Gasteiger partial charge in [-0.2, -0.15) is 0 Å². The van der Waals surface area contributed by atoms with Crippen molar-refractivity contribution in [1.29, 1.82) is 0 Å². The number of rotatable bonds is 7. The van der Waals surface area contributed by atoms with E-state index >= 15 is 0 Å². The third kappa shape index (κ3) is 4.21. The van der Waals surface area contributed by atoms with Gasteiger partial charge in [0.05, 0.1) is 0 Å². The minimum atomic E-state index is 0.479. The predicted molar refractivity (Wildman–Crippen MR) is 89.9 cm³/mol. The van der Waals surface area contributed by atoms with Gasteiger partial charge < -0.3 is 10.6 Å². The van der Waals surface area contributed by atoms with Crippen molar-refractivity contribution in [2.75, 3.05) is 13.6 Å². The molecule has 1 aliphatic carbocycles. The van der Waals surface area contributed by atoms with Gasteiger partial charge >= 0.3 is 0 Å². The summed E-state index contributed by atoms with van der Waals surface area (Å²) in [5.74, 6) is 1.56. The Balaban J connectivity index is 2.77. The van der Waals surface area contributed by atoms with Gasteiger partial charge in [0.25, 0.3) is 0 Å². The summed E-state index contributed by atoms with van der Waals surface area (Å²) in [6.45, 7) is 12.8. The van der Waals surface area contributed by atoms with Gasteiger partial charge in [0, 0.05) is 12.1 Å². The molecule has 0 aromatic heterocycles. The van der Waals surface area contributed by atoms with Gasteiger partial charge in [0.15, 0.2) is 0 Å². The lowest BCUT2D eigenvalue weighted by atomic mass is 9.65. The summed E-state index contributed by atoms with van der Waals surface area (Å²) in [5.41, 5.74) is 6.54. The molecule has 0 bridgehead atoms. The molecule has 0 heterocycles. The molecule has 0 aliphatic heterocycles. The molecule has 0 saturated heterocycles. The summed E-state index contributed by atoms with van der Waals surface area (Å²) < 4.78 is 0. The molecular weight excluding hydrogens is 244 g/mol. The first-order valence-electron chi connectivity index (χ1n) is 8.79. The van der Waals surface area contributed by atoms with Crippen molar-refractivity contribution in [3.63, 3.8) is 0 Å². The molecule has 120 valence electrons. The molecule has 0 amide bonds. The maximum absolute atomic E-state index is 6.07. The molecule has 1 fully saturated rings. The van der Waals surface area contributed by atoms with Gasteiger partial charge in [-0.15, -0.1) is 0 Å². The average molecular weight is 283 g/mol. The zero-order chi connectivity index (χ0) is 15.3. The third-order valence-electron chi connectivity index (χ3n) is 6.20. The van der Waals surface area contributed by atoms with Crippen LogP contribution in [0.1, 0.15) is 73.1 Å². The van der Waals surface area contributed by atoms with Gasteiger partial charge in [0.2, 0.25) is 0 Å². The van der Waals surface area contributed by atoms with Crippen molar-refractivity contribution in [2.24, 2.45) is 23.0 Å². The van der Waals surface area contributed by atoms with E-state index in [0.29, 0.717) is 23.4 Å². The first-order chi connectivity index (χ1) is 9.37. The normalized spacial score (nSPS) is 29.7. The molecule has 2 heteroatoms. The van der Waals surface area contributed by atoms with Gasteiger partial charge in [0.1, 0.15) is 0 Å². The minimum absolute atomic E-state index is 0.479. The van der Waals surface area contributed by atoms with E-state index in [2.05, 4.69) is 46.6 Å². The topological polar surface area (TPSA) is 29.3 Å². The predicted octanol–water partition coefficient (Wildman–Crippen LogP) is 4.29. The Labute approximate surface area is 127 Å². The molecule has 0 radical (unpaired) electrons. The lowest BCUT2D eigenvalue weighted by molar-refractivity contribution is 0.0316. The molecule has 4 unspecified atom stereocenters. The van der Waals surface area contributed by atoms with Crippen molar-refractivity contribution < 1.29 is 0 Å². The largest absolute Gasteiger partial charge is 0.330 e. The summed E-state index contributed by atoms with van der Waals surface area (Å²) in [6, 6.07) is 1.37. The summed E-state index contributed by atoms with van der Waals surface area (Å²) in [5, 5.41) is 0. The van der Waals surface area contributed by atoms with Gasteiger partial charge in [-0.05, 0) is 63.5 Å². The Bertz CT molecular complexity index is 275. The first kappa shape index (κ1) is 18.0. The quantitative estimate of drug-likeness (QED) is 0.755. The van der Waals surface area contributed by atoms with Crippen molar-refractivity contribution >= 4 is 0 Å². The summed E-state index contributed by atoms with van der Waals surface area (Å²) in [6.07, 6.45) is 7.88. The summed E-state index contributed by atoms with van der Waals surface area (Å²) in [4.78, 5) is 2.64. The molecule has 1 saturated carbocycles. The van der Waals surface area contributed by atoms with Crippen LogP contribution in [0.2, 0.25) is 0 Å². The van der Waals surface area contributed by atoms with E-state index in [4.69, 9.17) is 5.73 Å². The fourth-order valence-corrected chi connectivity index (χ4v) is 3.93. The highest BCUT2D eigenvalue weighted by Crippen LogP contribution is 2.43. The Kier molecular flexibility index (Phi) is 7.00. The molecule has 0 aromatic rings. The van der Waals surface area contributed by atoms with Crippen LogP contribution in [0.4, 0.5) is 0 Å². The number of hydrogen-bond donors (Lipinski definition) is 1. The van der Waals surface area contributed by atoms with Crippen LogP contribution in [0.5, 0.6) is 0 Å². The van der Waals surface area contributed by atoms with Gasteiger partial charge in [-0.3, -0.25) is 0 Å². The van der Waals surface area contributed by atoms with E-state index in [-0.39, 0.29) is 0 Å². The second kappa shape index (κ2) is 7.79. The minimum Gasteiger partial charge on any atom is -0.330 e. The molecular formula is C18H38N2. The van der Waals surface area contributed by atoms with Crippen LogP contribution in [-0.4, -0.2) is 30.6 Å². The van der Waals surface area contributed by atoms with Crippen LogP contribution in [-0.2, 0) is 0 Å². The Hall–Kier alpha value is -0.0800. The lowest BCUT2D eigenvalue weighted by Gasteiger charge is -2.47. The summed E-state index contributed by atoms with van der Waals surface area (Å²) in [7, 11) is 2.33. The van der Waals surface area contributed by atoms with Gasteiger partial charge in [-0.25, -0.2) is 0 Å². The van der Waals surface area contributed by atoms with Crippen molar-refractivity contribution in [2.45, 2.75) is 85.2 Å². The zero-order valence-corrected chi connectivity index (χ0v) is 14.8. The lowest BCUT2D eigenvalue weighted by Crippen LogP contribution is -2.50. The van der Waals surface area contributed by atoms with Crippen LogP contribution in [0.3, 0.4) is 0 Å². The standard InChI is InChI=1S/C18H38N2/c1-7-9-14(3)20(6)17-12-16(18(4,5)8-2)11-10-15(17)13-19/h14-17H,7-13,19H2,1-6H3. The van der Waals surface area contributed by atoms with Crippen molar-refractivity contribution in [1.82, 2.24) is 4.90 Å². The van der Waals surface area contributed by atoms with Gasteiger partial charge in [-0.1, -0.05) is 40.5 Å². The van der Waals surface area contributed by atoms with Crippen LogP contribution in [0, 0.1) is 17.3 Å². The van der Waals surface area contributed by atoms with Crippen LogP contribution >= 0.6 is 0 Å². The maximum Gasteiger partial charge on any atom is 0.0138 e. The summed E-state index contributed by atoms with van der Waals surface area (Å²) >= 11 is 0. The monoisotopic (exact) mass is 282 g/mol. The average Bonchev–Trinajstić information content (AvgIpc) is 2.45. The number of hydrogen-bond acceptors (Lipinski definition) is 2. The van der Waals surface area contributed by atoms with Crippen molar-refractivity contribution in [3.8, 4) is 0 Å². The molecule has 2 N–H and O–H groups in total. The SMILES string of the molecule is CCCC(C)N(C)C1CC(C(C)(C)CC)CCC1CN. The Morgan fingerprint density at radius 2 is 1.90 bits per heavy atom. The zero-order valence-electron chi connectivity index (χ0n) is 14.8. The highest BCUT2D eigenvalue weighted by Gasteiger charge is 2.38. The molecule has 2 nitrogen and oxygen atoms in total. The smallest absolute Gasteiger partial charge is 0.0138 e. The van der Waals surface area contributed by atoms with E-state index in [0.717, 1.165) is 12.5 Å². The fourth-order valence-electron chi connectivity index (χ4n) is 3.93. The van der Waals surface area contributed by atoms with E-state index in [9.17, 15) is 0 Å². The van der Waals surface area contributed by atoms with E-state index in [1.54, 1.807) is 0 Å². The highest BCUT2D eigenvalue weighted by atomic mass is 15.2. The Morgan fingerprint density at radius 1 is 1.25 bits per heavy atom. The highest BCUT2D eigenvalue weighted by molar-refractivity contribution is 4.92. The van der Waals surface area contributed by atoms with Crippen molar-refractivity contribution in [3.05, 3.63) is 0 Å². The van der Waals surface area contributed by atoms with Crippen LogP contribution < -0.4 is 5.73 Å². The molecule has 20 heavy (non-hydrogen) atoms. The maximum atomic E-state index is 6.07. The molecule has 1 aliphatic rings. The molecule has 4 atom stereocenters. The van der Waals surface area contributed by atoms with E-state index < -0.39 is 0 Å². The third-order valence-corrected chi connectivity index (χ3v) is 6.20. The van der Waals surface area contributed by atoms with E-state index in [1.807, 2.05) is 0 Å².